The number of nitrogens with zero attached hydrogens (tertiary/aromatic N) is 2. The summed E-state index contributed by atoms with van der Waals surface area (Å²) in [5.74, 6) is -0.0851. The Kier molecular flexibility index (Phi) is 4.40. The number of carbonyl (C=O) groups is 1. The molecule has 24 heavy (non-hydrogen) atoms. The summed E-state index contributed by atoms with van der Waals surface area (Å²) < 4.78 is 24.9. The number of sulfone groups is 1. The number of hydrogen-bond acceptors (Lipinski definition) is 4. The smallest absolute Gasteiger partial charge is 0.276 e. The molecule has 0 saturated carbocycles. The van der Waals surface area contributed by atoms with Gasteiger partial charge in [0.1, 0.15) is 0 Å². The first-order chi connectivity index (χ1) is 11.2. The van der Waals surface area contributed by atoms with Crippen LogP contribution in [-0.4, -0.2) is 35.6 Å². The molecule has 128 valence electrons. The highest BCUT2D eigenvalue weighted by molar-refractivity contribution is 7.91. The average Bonchev–Trinajstić information content (AvgIpc) is 3.04. The summed E-state index contributed by atoms with van der Waals surface area (Å²) in [4.78, 5) is 12.4. The highest BCUT2D eigenvalue weighted by atomic mass is 35.5. The fourth-order valence-electron chi connectivity index (χ4n) is 2.89. The van der Waals surface area contributed by atoms with Gasteiger partial charge in [0.05, 0.1) is 17.5 Å². The number of aryl methyl sites for hydroxylation is 2. The summed E-state index contributed by atoms with van der Waals surface area (Å²) in [6, 6.07) is 6.69. The van der Waals surface area contributed by atoms with Crippen molar-refractivity contribution in [3.8, 4) is 0 Å². The topological polar surface area (TPSA) is 81.1 Å². The van der Waals surface area contributed by atoms with Gasteiger partial charge < -0.3 is 5.32 Å². The van der Waals surface area contributed by atoms with Crippen LogP contribution in [0.4, 0.5) is 5.69 Å². The minimum Gasteiger partial charge on any atom is -0.320 e. The summed E-state index contributed by atoms with van der Waals surface area (Å²) >= 11 is 5.91. The van der Waals surface area contributed by atoms with Crippen molar-refractivity contribution >= 4 is 33.0 Å². The molecule has 1 atom stereocenters. The standard InChI is InChI=1S/C16H18ClN3O3S/c1-10-7-12(17)3-4-14(10)18-16(21)15-8-11(2)20(19-15)13-5-6-24(22,23)9-13/h3-4,7-8,13H,5-6,9H2,1-2H3,(H,18,21). The lowest BCUT2D eigenvalue weighted by atomic mass is 10.2. The van der Waals surface area contributed by atoms with Crippen LogP contribution in [0.3, 0.4) is 0 Å². The predicted octanol–water partition coefficient (Wildman–Crippen LogP) is 2.77. The van der Waals surface area contributed by atoms with Gasteiger partial charge in [-0.3, -0.25) is 9.48 Å². The molecule has 1 aromatic carbocycles. The van der Waals surface area contributed by atoms with E-state index in [0.29, 0.717) is 17.1 Å². The molecule has 1 aliphatic heterocycles. The Morgan fingerprint density at radius 1 is 1.33 bits per heavy atom. The molecule has 1 amide bonds. The zero-order valence-corrected chi connectivity index (χ0v) is 15.0. The summed E-state index contributed by atoms with van der Waals surface area (Å²) in [5, 5.41) is 7.73. The number of nitrogens with one attached hydrogen (secondary N) is 1. The van der Waals surface area contributed by atoms with Gasteiger partial charge in [0.15, 0.2) is 15.5 Å². The van der Waals surface area contributed by atoms with Crippen molar-refractivity contribution < 1.29 is 13.2 Å². The summed E-state index contributed by atoms with van der Waals surface area (Å²) in [6.07, 6.45) is 0.530. The van der Waals surface area contributed by atoms with E-state index in [9.17, 15) is 13.2 Å². The van der Waals surface area contributed by atoms with Gasteiger partial charge in [0.2, 0.25) is 0 Å². The first-order valence-corrected chi connectivity index (χ1v) is 9.79. The number of anilines is 1. The normalized spacial score (nSPS) is 19.4. The van der Waals surface area contributed by atoms with Crippen molar-refractivity contribution in [2.75, 3.05) is 16.8 Å². The number of rotatable bonds is 3. The molecular weight excluding hydrogens is 350 g/mol. The maximum Gasteiger partial charge on any atom is 0.276 e. The van der Waals surface area contributed by atoms with Gasteiger partial charge in [-0.15, -0.1) is 0 Å². The molecule has 2 heterocycles. The lowest BCUT2D eigenvalue weighted by Gasteiger charge is -2.10. The van der Waals surface area contributed by atoms with Crippen LogP contribution in [0.1, 0.15) is 34.2 Å². The molecule has 0 radical (unpaired) electrons. The highest BCUT2D eigenvalue weighted by Gasteiger charge is 2.31. The fraction of sp³-hybridized carbons (Fsp3) is 0.375. The van der Waals surface area contributed by atoms with Crippen molar-refractivity contribution in [2.24, 2.45) is 0 Å². The molecule has 1 saturated heterocycles. The third-order valence-corrected chi connectivity index (χ3v) is 6.13. The maximum atomic E-state index is 12.4. The molecule has 0 bridgehead atoms. The molecule has 1 N–H and O–H groups in total. The Hall–Kier alpha value is -1.86. The number of halogens is 1. The minimum absolute atomic E-state index is 0.0763. The second-order valence-corrected chi connectivity index (χ2v) is 8.75. The third-order valence-electron chi connectivity index (χ3n) is 4.15. The molecular formula is C16H18ClN3O3S. The van der Waals surface area contributed by atoms with Gasteiger partial charge in [0, 0.05) is 16.4 Å². The van der Waals surface area contributed by atoms with E-state index in [-0.39, 0.29) is 29.1 Å². The number of aromatic nitrogens is 2. The van der Waals surface area contributed by atoms with Crippen molar-refractivity contribution in [3.05, 3.63) is 46.2 Å². The van der Waals surface area contributed by atoms with Crippen LogP contribution >= 0.6 is 11.6 Å². The van der Waals surface area contributed by atoms with Gasteiger partial charge in [-0.25, -0.2) is 8.42 Å². The van der Waals surface area contributed by atoms with Gasteiger partial charge in [-0.2, -0.15) is 5.10 Å². The van der Waals surface area contributed by atoms with E-state index >= 15 is 0 Å². The molecule has 8 heteroatoms. The van der Waals surface area contributed by atoms with Crippen LogP contribution in [0.25, 0.3) is 0 Å². The zero-order chi connectivity index (χ0) is 17.5. The van der Waals surface area contributed by atoms with E-state index in [1.54, 1.807) is 28.9 Å². The van der Waals surface area contributed by atoms with Crippen molar-refractivity contribution in [3.63, 3.8) is 0 Å². The quantitative estimate of drug-likeness (QED) is 0.904. The van der Waals surface area contributed by atoms with Crippen LogP contribution in [-0.2, 0) is 9.84 Å². The van der Waals surface area contributed by atoms with Gasteiger partial charge in [-0.05, 0) is 50.1 Å². The summed E-state index contributed by atoms with van der Waals surface area (Å²) in [7, 11) is -3.00. The Morgan fingerprint density at radius 2 is 2.08 bits per heavy atom. The monoisotopic (exact) mass is 367 g/mol. The largest absolute Gasteiger partial charge is 0.320 e. The molecule has 3 rings (SSSR count). The lowest BCUT2D eigenvalue weighted by molar-refractivity contribution is 0.102. The van der Waals surface area contributed by atoms with Crippen LogP contribution in [0.2, 0.25) is 5.02 Å². The highest BCUT2D eigenvalue weighted by Crippen LogP contribution is 2.25. The summed E-state index contributed by atoms with van der Waals surface area (Å²) in [5.41, 5.74) is 2.56. The van der Waals surface area contributed by atoms with E-state index in [0.717, 1.165) is 11.3 Å². The van der Waals surface area contributed by atoms with Crippen LogP contribution in [0.15, 0.2) is 24.3 Å². The van der Waals surface area contributed by atoms with E-state index in [2.05, 4.69) is 10.4 Å². The fourth-order valence-corrected chi connectivity index (χ4v) is 4.81. The number of carbonyl (C=O) groups excluding carboxylic acids is 1. The second-order valence-electron chi connectivity index (χ2n) is 6.09. The van der Waals surface area contributed by atoms with Gasteiger partial charge in [0.25, 0.3) is 5.91 Å². The number of hydrogen-bond donors (Lipinski definition) is 1. The average molecular weight is 368 g/mol. The Morgan fingerprint density at radius 3 is 2.71 bits per heavy atom. The predicted molar refractivity (Wildman–Crippen MR) is 93.4 cm³/mol. The van der Waals surface area contributed by atoms with Crippen molar-refractivity contribution in [1.82, 2.24) is 9.78 Å². The van der Waals surface area contributed by atoms with Crippen LogP contribution in [0, 0.1) is 13.8 Å². The molecule has 1 aliphatic rings. The molecule has 1 fully saturated rings. The van der Waals surface area contributed by atoms with E-state index in [1.165, 1.54) is 0 Å². The minimum atomic E-state index is -3.00. The van der Waals surface area contributed by atoms with E-state index in [4.69, 9.17) is 11.6 Å². The van der Waals surface area contributed by atoms with Crippen molar-refractivity contribution in [1.29, 1.82) is 0 Å². The third kappa shape index (κ3) is 3.47. The molecule has 1 unspecified atom stereocenters. The lowest BCUT2D eigenvalue weighted by Crippen LogP contribution is -2.17. The van der Waals surface area contributed by atoms with Crippen molar-refractivity contribution in [2.45, 2.75) is 26.3 Å². The molecule has 0 spiro atoms. The summed E-state index contributed by atoms with van der Waals surface area (Å²) in [6.45, 7) is 3.68. The Bertz CT molecular complexity index is 905. The molecule has 0 aliphatic carbocycles. The van der Waals surface area contributed by atoms with Gasteiger partial charge in [-0.1, -0.05) is 11.6 Å². The molecule has 1 aromatic heterocycles. The Balaban J connectivity index is 1.80. The van der Waals surface area contributed by atoms with Crippen LogP contribution in [0.5, 0.6) is 0 Å². The first-order valence-electron chi connectivity index (χ1n) is 7.59. The molecule has 2 aromatic rings. The maximum absolute atomic E-state index is 12.4. The SMILES string of the molecule is Cc1cc(Cl)ccc1NC(=O)c1cc(C)n(C2CCS(=O)(=O)C2)n1. The zero-order valence-electron chi connectivity index (χ0n) is 13.4. The first kappa shape index (κ1) is 17.0. The Labute approximate surface area is 145 Å². The van der Waals surface area contributed by atoms with Gasteiger partial charge >= 0.3 is 0 Å². The van der Waals surface area contributed by atoms with E-state index < -0.39 is 9.84 Å². The van der Waals surface area contributed by atoms with Crippen LogP contribution < -0.4 is 5.32 Å². The molecule has 6 nitrogen and oxygen atoms in total. The van der Waals surface area contributed by atoms with E-state index in [1.807, 2.05) is 13.8 Å². The second kappa shape index (κ2) is 6.22. The number of benzene rings is 1. The number of amides is 1.